The quantitative estimate of drug-likeness (QED) is 0.884. The summed E-state index contributed by atoms with van der Waals surface area (Å²) in [4.78, 5) is 12.0. The molecule has 3 rings (SSSR count). The van der Waals surface area contributed by atoms with Gasteiger partial charge in [-0.1, -0.05) is 18.2 Å². The number of aromatic amines is 1. The number of halogens is 1. The topological polar surface area (TPSA) is 49.8 Å². The van der Waals surface area contributed by atoms with Crippen LogP contribution in [0.15, 0.2) is 41.2 Å². The summed E-state index contributed by atoms with van der Waals surface area (Å²) in [6.45, 7) is 2.06. The second-order valence-corrected chi connectivity index (χ2v) is 4.74. The summed E-state index contributed by atoms with van der Waals surface area (Å²) in [6.07, 6.45) is 2.18. The number of hydrogen-bond acceptors (Lipinski definition) is 2. The van der Waals surface area contributed by atoms with Gasteiger partial charge < -0.3 is 5.32 Å². The standard InChI is InChI=1S/C14H17N3O.ClH/c18-14-10-13(11-6-8-15-9-7-11)16-17(14)12-4-2-1-3-5-12;/h1-5,10-11,15-16H,6-9H2;1H. The van der Waals surface area contributed by atoms with E-state index in [0.717, 1.165) is 37.3 Å². The number of benzene rings is 1. The molecule has 1 saturated heterocycles. The van der Waals surface area contributed by atoms with Gasteiger partial charge in [-0.3, -0.25) is 9.89 Å². The van der Waals surface area contributed by atoms with Gasteiger partial charge in [-0.2, -0.15) is 0 Å². The molecule has 0 amide bonds. The predicted octanol–water partition coefficient (Wildman–Crippen LogP) is 2.05. The average Bonchev–Trinajstić information content (AvgIpc) is 2.83. The maximum Gasteiger partial charge on any atom is 0.271 e. The monoisotopic (exact) mass is 279 g/mol. The molecule has 2 heterocycles. The molecule has 2 N–H and O–H groups in total. The van der Waals surface area contributed by atoms with E-state index in [1.807, 2.05) is 30.3 Å². The second kappa shape index (κ2) is 6.08. The number of hydrogen-bond donors (Lipinski definition) is 2. The molecule has 1 aromatic carbocycles. The number of H-pyrrole nitrogens is 1. The summed E-state index contributed by atoms with van der Waals surface area (Å²) < 4.78 is 1.62. The van der Waals surface area contributed by atoms with E-state index in [1.54, 1.807) is 10.7 Å². The average molecular weight is 280 g/mol. The lowest BCUT2D eigenvalue weighted by Gasteiger charge is -2.21. The summed E-state index contributed by atoms with van der Waals surface area (Å²) in [5.74, 6) is 0.476. The molecule has 102 valence electrons. The highest BCUT2D eigenvalue weighted by atomic mass is 35.5. The Morgan fingerprint density at radius 1 is 1.11 bits per heavy atom. The normalized spacial score (nSPS) is 16.0. The molecule has 1 fully saturated rings. The minimum atomic E-state index is 0. The van der Waals surface area contributed by atoms with Gasteiger partial charge in [-0.25, -0.2) is 4.68 Å². The van der Waals surface area contributed by atoms with Crippen LogP contribution < -0.4 is 10.9 Å². The molecule has 0 spiro atoms. The van der Waals surface area contributed by atoms with Crippen molar-refractivity contribution in [3.63, 3.8) is 0 Å². The third-order valence-electron chi connectivity index (χ3n) is 3.53. The lowest BCUT2D eigenvalue weighted by Crippen LogP contribution is -2.26. The smallest absolute Gasteiger partial charge is 0.271 e. The molecule has 1 aliphatic rings. The van der Waals surface area contributed by atoms with E-state index < -0.39 is 0 Å². The maximum absolute atomic E-state index is 12.0. The first kappa shape index (κ1) is 13.9. The highest BCUT2D eigenvalue weighted by Crippen LogP contribution is 2.22. The molecule has 2 aromatic rings. The zero-order valence-corrected chi connectivity index (χ0v) is 11.5. The minimum absolute atomic E-state index is 0. The van der Waals surface area contributed by atoms with E-state index in [1.165, 1.54) is 0 Å². The first-order valence-electron chi connectivity index (χ1n) is 6.43. The largest absolute Gasteiger partial charge is 0.317 e. The highest BCUT2D eigenvalue weighted by molar-refractivity contribution is 5.85. The summed E-state index contributed by atoms with van der Waals surface area (Å²) in [6, 6.07) is 11.4. The van der Waals surface area contributed by atoms with Gasteiger partial charge >= 0.3 is 0 Å². The SMILES string of the molecule is Cl.O=c1cc(C2CCNCC2)[nH]n1-c1ccccc1. The van der Waals surface area contributed by atoms with Gasteiger partial charge in [0.25, 0.3) is 5.56 Å². The number of aromatic nitrogens is 2. The van der Waals surface area contributed by atoms with Crippen LogP contribution in [0, 0.1) is 0 Å². The van der Waals surface area contributed by atoms with Crippen molar-refractivity contribution in [1.82, 2.24) is 15.1 Å². The summed E-state index contributed by atoms with van der Waals surface area (Å²) >= 11 is 0. The van der Waals surface area contributed by atoms with E-state index >= 15 is 0 Å². The third kappa shape index (κ3) is 2.91. The zero-order chi connectivity index (χ0) is 12.4. The van der Waals surface area contributed by atoms with Gasteiger partial charge in [0.05, 0.1) is 5.69 Å². The van der Waals surface area contributed by atoms with Gasteiger partial charge in [0.1, 0.15) is 0 Å². The molecule has 0 radical (unpaired) electrons. The van der Waals surface area contributed by atoms with Crippen molar-refractivity contribution in [2.45, 2.75) is 18.8 Å². The van der Waals surface area contributed by atoms with E-state index in [9.17, 15) is 4.79 Å². The van der Waals surface area contributed by atoms with Crippen molar-refractivity contribution in [1.29, 1.82) is 0 Å². The molecule has 19 heavy (non-hydrogen) atoms. The number of rotatable bonds is 2. The molecule has 0 aliphatic carbocycles. The Bertz CT molecular complexity index is 570. The Morgan fingerprint density at radius 2 is 1.79 bits per heavy atom. The summed E-state index contributed by atoms with van der Waals surface area (Å²) in [7, 11) is 0. The molecule has 0 unspecified atom stereocenters. The van der Waals surface area contributed by atoms with Crippen LogP contribution in [0.4, 0.5) is 0 Å². The number of piperidine rings is 1. The van der Waals surface area contributed by atoms with Gasteiger partial charge in [0, 0.05) is 17.7 Å². The Balaban J connectivity index is 0.00000133. The van der Waals surface area contributed by atoms with Crippen LogP contribution in [0.3, 0.4) is 0 Å². The van der Waals surface area contributed by atoms with Crippen LogP contribution >= 0.6 is 12.4 Å². The Labute approximate surface area is 118 Å². The fraction of sp³-hybridized carbons (Fsp3) is 0.357. The van der Waals surface area contributed by atoms with Crippen LogP contribution in [0.2, 0.25) is 0 Å². The number of para-hydroxylation sites is 1. The van der Waals surface area contributed by atoms with Crippen LogP contribution in [-0.4, -0.2) is 22.9 Å². The Hall–Kier alpha value is -1.52. The van der Waals surface area contributed by atoms with Crippen molar-refractivity contribution in [3.05, 3.63) is 52.4 Å². The van der Waals surface area contributed by atoms with Crippen LogP contribution in [-0.2, 0) is 0 Å². The van der Waals surface area contributed by atoms with E-state index in [-0.39, 0.29) is 18.0 Å². The van der Waals surface area contributed by atoms with Gasteiger partial charge in [0.15, 0.2) is 0 Å². The number of nitrogens with one attached hydrogen (secondary N) is 2. The molecule has 1 aliphatic heterocycles. The van der Waals surface area contributed by atoms with Gasteiger partial charge in [-0.15, -0.1) is 12.4 Å². The van der Waals surface area contributed by atoms with Crippen LogP contribution in [0.25, 0.3) is 5.69 Å². The molecule has 0 bridgehead atoms. The first-order chi connectivity index (χ1) is 8.84. The molecule has 1 aromatic heterocycles. The first-order valence-corrected chi connectivity index (χ1v) is 6.43. The summed E-state index contributed by atoms with van der Waals surface area (Å²) in [5.41, 5.74) is 1.97. The zero-order valence-electron chi connectivity index (χ0n) is 10.6. The predicted molar refractivity (Wildman–Crippen MR) is 78.5 cm³/mol. The maximum atomic E-state index is 12.0. The lowest BCUT2D eigenvalue weighted by molar-refractivity contribution is 0.451. The molecular weight excluding hydrogens is 262 g/mol. The Morgan fingerprint density at radius 3 is 2.47 bits per heavy atom. The van der Waals surface area contributed by atoms with E-state index in [0.29, 0.717) is 5.92 Å². The minimum Gasteiger partial charge on any atom is -0.317 e. The molecule has 0 atom stereocenters. The van der Waals surface area contributed by atoms with Crippen molar-refractivity contribution < 1.29 is 0 Å². The van der Waals surface area contributed by atoms with Crippen LogP contribution in [0.1, 0.15) is 24.5 Å². The summed E-state index contributed by atoms with van der Waals surface area (Å²) in [5, 5.41) is 6.58. The molecule has 5 heteroatoms. The number of nitrogens with zero attached hydrogens (tertiary/aromatic N) is 1. The van der Waals surface area contributed by atoms with E-state index in [4.69, 9.17) is 0 Å². The highest BCUT2D eigenvalue weighted by Gasteiger charge is 2.18. The molecule has 4 nitrogen and oxygen atoms in total. The fourth-order valence-electron chi connectivity index (χ4n) is 2.52. The molecular formula is C14H18ClN3O. The second-order valence-electron chi connectivity index (χ2n) is 4.74. The van der Waals surface area contributed by atoms with Gasteiger partial charge in [-0.05, 0) is 38.1 Å². The molecule has 0 saturated carbocycles. The van der Waals surface area contributed by atoms with Crippen molar-refractivity contribution in [3.8, 4) is 5.69 Å². The van der Waals surface area contributed by atoms with Crippen molar-refractivity contribution >= 4 is 12.4 Å². The van der Waals surface area contributed by atoms with Gasteiger partial charge in [0.2, 0.25) is 0 Å². The van der Waals surface area contributed by atoms with Crippen molar-refractivity contribution in [2.75, 3.05) is 13.1 Å². The third-order valence-corrected chi connectivity index (χ3v) is 3.53. The van der Waals surface area contributed by atoms with Crippen molar-refractivity contribution in [2.24, 2.45) is 0 Å². The lowest BCUT2D eigenvalue weighted by atomic mass is 9.95. The fourth-order valence-corrected chi connectivity index (χ4v) is 2.52. The Kier molecular flexibility index (Phi) is 4.45. The van der Waals surface area contributed by atoms with E-state index in [2.05, 4.69) is 10.4 Å². The van der Waals surface area contributed by atoms with Crippen LogP contribution in [0.5, 0.6) is 0 Å².